The van der Waals surface area contributed by atoms with Crippen molar-refractivity contribution in [2.24, 2.45) is 0 Å². The highest BCUT2D eigenvalue weighted by molar-refractivity contribution is 5.85. The second-order valence-corrected chi connectivity index (χ2v) is 3.23. The van der Waals surface area contributed by atoms with Gasteiger partial charge in [0.05, 0.1) is 0 Å². The van der Waals surface area contributed by atoms with Crippen LogP contribution in [0.1, 0.15) is 29.4 Å². The smallest absolute Gasteiger partial charge is 0.352 e. The fraction of sp³-hybridized carbons (Fsp3) is 0.375. The van der Waals surface area contributed by atoms with Gasteiger partial charge in [-0.25, -0.2) is 9.59 Å². The fourth-order valence-corrected chi connectivity index (χ4v) is 1.36. The van der Waals surface area contributed by atoms with Crippen LogP contribution in [0.5, 0.6) is 0 Å². The number of aromatic amines is 1. The van der Waals surface area contributed by atoms with E-state index in [1.54, 1.807) is 0 Å². The highest BCUT2D eigenvalue weighted by atomic mass is 16.4. The zero-order chi connectivity index (χ0) is 10.3. The predicted octanol–water partition coefficient (Wildman–Crippen LogP) is -0.430. The average Bonchev–Trinajstić information content (AvgIpc) is 2.85. The van der Waals surface area contributed by atoms with E-state index >= 15 is 0 Å². The number of rotatable bonds is 2. The maximum atomic E-state index is 11.3. The highest BCUT2D eigenvalue weighted by Gasteiger charge is 2.29. The summed E-state index contributed by atoms with van der Waals surface area (Å²) in [6.07, 6.45) is 1.57. The molecule has 6 nitrogen and oxygen atoms in total. The predicted molar refractivity (Wildman–Crippen MR) is 46.6 cm³/mol. The fourth-order valence-electron chi connectivity index (χ4n) is 1.36. The summed E-state index contributed by atoms with van der Waals surface area (Å²) in [5.74, 6) is -1.25. The number of H-pyrrole nitrogens is 1. The summed E-state index contributed by atoms with van der Waals surface area (Å²) in [5.41, 5.74) is -1.55. The third-order valence-electron chi connectivity index (χ3n) is 2.11. The van der Waals surface area contributed by atoms with Crippen LogP contribution in [0.3, 0.4) is 0 Å². The monoisotopic (exact) mass is 196 g/mol. The van der Waals surface area contributed by atoms with E-state index in [0.717, 1.165) is 23.5 Å². The van der Waals surface area contributed by atoms with Crippen LogP contribution in [-0.4, -0.2) is 20.6 Å². The lowest BCUT2D eigenvalue weighted by atomic mass is 10.4. The Bertz CT molecular complexity index is 495. The van der Waals surface area contributed by atoms with Crippen molar-refractivity contribution in [1.82, 2.24) is 9.55 Å². The molecular weight excluding hydrogens is 188 g/mol. The van der Waals surface area contributed by atoms with Gasteiger partial charge in [-0.2, -0.15) is 0 Å². The molecule has 1 aromatic heterocycles. The van der Waals surface area contributed by atoms with Crippen LogP contribution in [0, 0.1) is 0 Å². The first-order valence-electron chi connectivity index (χ1n) is 4.19. The van der Waals surface area contributed by atoms with E-state index in [1.807, 2.05) is 4.98 Å². The van der Waals surface area contributed by atoms with Gasteiger partial charge in [-0.3, -0.25) is 14.3 Å². The zero-order valence-electron chi connectivity index (χ0n) is 7.19. The Morgan fingerprint density at radius 2 is 2.14 bits per heavy atom. The third kappa shape index (κ3) is 1.34. The van der Waals surface area contributed by atoms with Crippen molar-refractivity contribution >= 4 is 5.97 Å². The first-order chi connectivity index (χ1) is 6.59. The van der Waals surface area contributed by atoms with E-state index in [9.17, 15) is 14.4 Å². The summed E-state index contributed by atoms with van der Waals surface area (Å²) in [7, 11) is 0. The number of hydrogen-bond acceptors (Lipinski definition) is 3. The number of carboxylic acid groups (broad SMARTS) is 1. The number of aromatic nitrogens is 2. The molecule has 0 atom stereocenters. The van der Waals surface area contributed by atoms with Crippen LogP contribution < -0.4 is 11.2 Å². The molecule has 0 amide bonds. The van der Waals surface area contributed by atoms with Crippen molar-refractivity contribution in [2.75, 3.05) is 0 Å². The van der Waals surface area contributed by atoms with Crippen molar-refractivity contribution in [2.45, 2.75) is 18.9 Å². The quantitative estimate of drug-likeness (QED) is 0.671. The van der Waals surface area contributed by atoms with Crippen molar-refractivity contribution in [3.8, 4) is 0 Å². The molecule has 14 heavy (non-hydrogen) atoms. The molecule has 74 valence electrons. The van der Waals surface area contributed by atoms with Crippen LogP contribution in [0.4, 0.5) is 0 Å². The van der Waals surface area contributed by atoms with Crippen LogP contribution in [-0.2, 0) is 0 Å². The molecule has 1 heterocycles. The lowest BCUT2D eigenvalue weighted by Crippen LogP contribution is -2.33. The molecule has 0 bridgehead atoms. The molecule has 1 aliphatic carbocycles. The van der Waals surface area contributed by atoms with Crippen molar-refractivity contribution in [3.05, 3.63) is 32.6 Å². The second kappa shape index (κ2) is 2.83. The maximum absolute atomic E-state index is 11.3. The number of carbonyl (C=O) groups is 1. The van der Waals surface area contributed by atoms with E-state index < -0.39 is 17.2 Å². The number of nitrogens with zero attached hydrogens (tertiary/aromatic N) is 1. The topological polar surface area (TPSA) is 92.2 Å². The van der Waals surface area contributed by atoms with Crippen LogP contribution in [0.2, 0.25) is 0 Å². The Kier molecular flexibility index (Phi) is 1.77. The Morgan fingerprint density at radius 3 is 2.64 bits per heavy atom. The molecule has 1 aliphatic rings. The SMILES string of the molecule is O=C(O)c1cc(=O)[nH]c(=O)n1C1CC1. The molecule has 1 aromatic rings. The van der Waals surface area contributed by atoms with E-state index in [1.165, 1.54) is 0 Å². The van der Waals surface area contributed by atoms with Gasteiger partial charge in [-0.1, -0.05) is 0 Å². The van der Waals surface area contributed by atoms with Gasteiger partial charge in [0.15, 0.2) is 0 Å². The van der Waals surface area contributed by atoms with Crippen LogP contribution >= 0.6 is 0 Å². The van der Waals surface area contributed by atoms with Gasteiger partial charge in [-0.05, 0) is 12.8 Å². The molecule has 0 aliphatic heterocycles. The molecule has 2 rings (SSSR count). The molecule has 0 unspecified atom stereocenters. The molecule has 1 fully saturated rings. The molecule has 0 radical (unpaired) electrons. The summed E-state index contributed by atoms with van der Waals surface area (Å²) in [4.78, 5) is 35.0. The van der Waals surface area contributed by atoms with Gasteiger partial charge in [0.1, 0.15) is 5.69 Å². The van der Waals surface area contributed by atoms with Crippen molar-refractivity contribution in [1.29, 1.82) is 0 Å². The Labute approximate surface area is 77.8 Å². The van der Waals surface area contributed by atoms with Crippen molar-refractivity contribution in [3.63, 3.8) is 0 Å². The maximum Gasteiger partial charge on any atom is 0.352 e. The first-order valence-corrected chi connectivity index (χ1v) is 4.19. The van der Waals surface area contributed by atoms with Crippen molar-refractivity contribution < 1.29 is 9.90 Å². The standard InChI is InChI=1S/C8H8N2O4/c11-6-3-5(7(12)13)10(4-1-2-4)8(14)9-6/h3-4H,1-2H2,(H,12,13)(H,9,11,14). The number of nitrogens with one attached hydrogen (secondary N) is 1. The minimum absolute atomic E-state index is 0.0644. The van der Waals surface area contributed by atoms with Crippen LogP contribution in [0.25, 0.3) is 0 Å². The number of aromatic carboxylic acids is 1. The van der Waals surface area contributed by atoms with E-state index in [2.05, 4.69) is 0 Å². The average molecular weight is 196 g/mol. The first kappa shape index (κ1) is 8.74. The summed E-state index contributed by atoms with van der Waals surface area (Å²) in [5, 5.41) is 8.78. The van der Waals surface area contributed by atoms with Crippen LogP contribution in [0.15, 0.2) is 15.7 Å². The summed E-state index contributed by atoms with van der Waals surface area (Å²) < 4.78 is 1.13. The van der Waals surface area contributed by atoms with Gasteiger partial charge in [0.2, 0.25) is 0 Å². The minimum atomic E-state index is -1.25. The lowest BCUT2D eigenvalue weighted by molar-refractivity contribution is 0.0682. The number of hydrogen-bond donors (Lipinski definition) is 2. The molecular formula is C8H8N2O4. The Morgan fingerprint density at radius 1 is 1.50 bits per heavy atom. The van der Waals surface area contributed by atoms with E-state index in [4.69, 9.17) is 5.11 Å². The van der Waals surface area contributed by atoms with Gasteiger partial charge in [-0.15, -0.1) is 0 Å². The molecule has 6 heteroatoms. The zero-order valence-corrected chi connectivity index (χ0v) is 7.19. The molecule has 1 saturated carbocycles. The highest BCUT2D eigenvalue weighted by Crippen LogP contribution is 2.33. The second-order valence-electron chi connectivity index (χ2n) is 3.23. The summed E-state index contributed by atoms with van der Waals surface area (Å²) in [6, 6.07) is 0.868. The lowest BCUT2D eigenvalue weighted by Gasteiger charge is -2.05. The minimum Gasteiger partial charge on any atom is -0.477 e. The summed E-state index contributed by atoms with van der Waals surface area (Å²) in [6.45, 7) is 0. The van der Waals surface area contributed by atoms with Gasteiger partial charge in [0, 0.05) is 12.1 Å². The van der Waals surface area contributed by atoms with Gasteiger partial charge >= 0.3 is 11.7 Å². The Hall–Kier alpha value is -1.85. The molecule has 0 aromatic carbocycles. The van der Waals surface area contributed by atoms with Gasteiger partial charge < -0.3 is 5.11 Å². The largest absolute Gasteiger partial charge is 0.477 e. The van der Waals surface area contributed by atoms with Gasteiger partial charge in [0.25, 0.3) is 5.56 Å². The normalized spacial score (nSPS) is 15.4. The Balaban J connectivity index is 2.71. The molecule has 0 saturated heterocycles. The van der Waals surface area contributed by atoms with E-state index in [-0.39, 0.29) is 11.7 Å². The van der Waals surface area contributed by atoms with E-state index in [0.29, 0.717) is 0 Å². The number of carboxylic acids is 1. The molecule has 2 N–H and O–H groups in total. The third-order valence-corrected chi connectivity index (χ3v) is 2.11. The summed E-state index contributed by atoms with van der Waals surface area (Å²) >= 11 is 0. The molecule has 0 spiro atoms.